The number of ether oxygens (including phenoxy) is 1. The summed E-state index contributed by atoms with van der Waals surface area (Å²) >= 11 is 0. The van der Waals surface area contributed by atoms with Crippen molar-refractivity contribution in [3.63, 3.8) is 0 Å². The van der Waals surface area contributed by atoms with Crippen LogP contribution in [-0.2, 0) is 24.3 Å². The first-order valence-electron chi connectivity index (χ1n) is 11.5. The van der Waals surface area contributed by atoms with Gasteiger partial charge in [-0.2, -0.15) is 4.98 Å². The number of nitrogens with zero attached hydrogens (tertiary/aromatic N) is 5. The first-order valence-corrected chi connectivity index (χ1v) is 11.5. The van der Waals surface area contributed by atoms with E-state index < -0.39 is 0 Å². The standard InChI is InChI=1S/C24H29N5O2/c1-29-20(17-5-3-4-6-18(17)30-2)26-27-21(29)23-9-12-24(13-10-23,14-11-23)22-25-19(28-31-22)15-16-7-8-16/h3-6,16H,7-15H2,1-2H3. The van der Waals surface area contributed by atoms with Gasteiger partial charge in [-0.3, -0.25) is 0 Å². The molecule has 31 heavy (non-hydrogen) atoms. The van der Waals surface area contributed by atoms with Gasteiger partial charge < -0.3 is 13.8 Å². The lowest BCUT2D eigenvalue weighted by atomic mass is 9.53. The zero-order valence-corrected chi connectivity index (χ0v) is 18.3. The van der Waals surface area contributed by atoms with Crippen molar-refractivity contribution in [2.75, 3.05) is 7.11 Å². The molecule has 4 aliphatic rings. The summed E-state index contributed by atoms with van der Waals surface area (Å²) in [6, 6.07) is 8.01. The molecule has 4 saturated carbocycles. The minimum Gasteiger partial charge on any atom is -0.496 e. The summed E-state index contributed by atoms with van der Waals surface area (Å²) in [6.07, 6.45) is 10.1. The highest BCUT2D eigenvalue weighted by Crippen LogP contribution is 2.58. The molecule has 0 unspecified atom stereocenters. The molecular formula is C24H29N5O2. The van der Waals surface area contributed by atoms with Crippen LogP contribution in [-0.4, -0.2) is 32.0 Å². The normalized spacial score (nSPS) is 27.5. The summed E-state index contributed by atoms with van der Waals surface area (Å²) in [7, 11) is 3.79. The Morgan fingerprint density at radius 2 is 1.74 bits per heavy atom. The highest BCUT2D eigenvalue weighted by atomic mass is 16.5. The maximum absolute atomic E-state index is 5.79. The smallest absolute Gasteiger partial charge is 0.232 e. The summed E-state index contributed by atoms with van der Waals surface area (Å²) in [5.41, 5.74) is 1.12. The SMILES string of the molecule is COc1ccccc1-c1nnc(C23CCC(c4nc(CC5CC5)no4)(CC2)CC3)n1C. The number of aromatic nitrogens is 5. The summed E-state index contributed by atoms with van der Waals surface area (Å²) < 4.78 is 13.5. The van der Waals surface area contributed by atoms with Crippen molar-refractivity contribution in [2.24, 2.45) is 13.0 Å². The van der Waals surface area contributed by atoms with Gasteiger partial charge in [-0.25, -0.2) is 0 Å². The molecule has 4 fully saturated rings. The van der Waals surface area contributed by atoms with E-state index in [2.05, 4.69) is 21.9 Å². The minimum atomic E-state index is 0.0562. The molecule has 7 nitrogen and oxygen atoms in total. The van der Waals surface area contributed by atoms with Crippen LogP contribution in [0.5, 0.6) is 5.75 Å². The Morgan fingerprint density at radius 3 is 2.45 bits per heavy atom. The number of rotatable bonds is 6. The van der Waals surface area contributed by atoms with Crippen LogP contribution < -0.4 is 4.74 Å². The van der Waals surface area contributed by atoms with Crippen LogP contribution in [0.1, 0.15) is 68.9 Å². The summed E-state index contributed by atoms with van der Waals surface area (Å²) in [5, 5.41) is 13.6. The van der Waals surface area contributed by atoms with Gasteiger partial charge in [0.25, 0.3) is 0 Å². The molecule has 0 N–H and O–H groups in total. The lowest BCUT2D eigenvalue weighted by Crippen LogP contribution is -2.47. The molecule has 2 aromatic heterocycles. The van der Waals surface area contributed by atoms with Crippen molar-refractivity contribution in [3.05, 3.63) is 41.8 Å². The average molecular weight is 420 g/mol. The number of hydrogen-bond acceptors (Lipinski definition) is 6. The number of benzene rings is 1. The van der Waals surface area contributed by atoms with Crippen LogP contribution in [0.25, 0.3) is 11.4 Å². The molecule has 0 aliphatic heterocycles. The molecule has 2 heterocycles. The monoisotopic (exact) mass is 419 g/mol. The van der Waals surface area contributed by atoms with Crippen LogP contribution in [0.15, 0.2) is 28.8 Å². The van der Waals surface area contributed by atoms with Gasteiger partial charge in [0.05, 0.1) is 12.7 Å². The predicted molar refractivity (Wildman–Crippen MR) is 115 cm³/mol. The minimum absolute atomic E-state index is 0.0562. The van der Waals surface area contributed by atoms with Crippen molar-refractivity contribution in [2.45, 2.75) is 68.6 Å². The maximum Gasteiger partial charge on any atom is 0.232 e. The maximum atomic E-state index is 5.79. The molecule has 0 atom stereocenters. The van der Waals surface area contributed by atoms with Crippen molar-refractivity contribution < 1.29 is 9.26 Å². The van der Waals surface area contributed by atoms with E-state index >= 15 is 0 Å². The molecule has 0 saturated heterocycles. The molecule has 1 aromatic carbocycles. The molecule has 4 aliphatic carbocycles. The van der Waals surface area contributed by atoms with Gasteiger partial charge in [-0.1, -0.05) is 17.3 Å². The summed E-state index contributed by atoms with van der Waals surface area (Å²) in [4.78, 5) is 4.83. The molecule has 0 radical (unpaired) electrons. The van der Waals surface area contributed by atoms with E-state index in [4.69, 9.17) is 19.3 Å². The number of hydrogen-bond donors (Lipinski definition) is 0. The van der Waals surface area contributed by atoms with Crippen LogP contribution in [0.4, 0.5) is 0 Å². The number of methoxy groups -OCH3 is 1. The second kappa shape index (κ2) is 6.90. The first kappa shape index (κ1) is 19.0. The Kier molecular flexibility index (Phi) is 4.24. The third kappa shape index (κ3) is 3.00. The molecule has 3 aromatic rings. The second-order valence-corrected chi connectivity index (χ2v) is 9.83. The quantitative estimate of drug-likeness (QED) is 0.590. The van der Waals surface area contributed by atoms with E-state index in [-0.39, 0.29) is 10.8 Å². The van der Waals surface area contributed by atoms with E-state index in [1.807, 2.05) is 24.3 Å². The van der Waals surface area contributed by atoms with Crippen molar-refractivity contribution >= 4 is 0 Å². The Labute approximate surface area is 182 Å². The highest BCUT2D eigenvalue weighted by molar-refractivity contribution is 5.64. The van der Waals surface area contributed by atoms with E-state index in [0.717, 1.165) is 85.5 Å². The molecule has 0 amide bonds. The van der Waals surface area contributed by atoms with Crippen molar-refractivity contribution in [3.8, 4) is 17.1 Å². The van der Waals surface area contributed by atoms with Gasteiger partial charge in [0.15, 0.2) is 11.6 Å². The van der Waals surface area contributed by atoms with Gasteiger partial charge in [0, 0.05) is 24.3 Å². The fourth-order valence-electron chi connectivity index (χ4n) is 5.83. The Morgan fingerprint density at radius 1 is 1.03 bits per heavy atom. The van der Waals surface area contributed by atoms with Gasteiger partial charge >= 0.3 is 0 Å². The zero-order chi connectivity index (χ0) is 21.1. The Bertz CT molecular complexity index is 1090. The fourth-order valence-corrected chi connectivity index (χ4v) is 5.83. The largest absolute Gasteiger partial charge is 0.496 e. The highest BCUT2D eigenvalue weighted by Gasteiger charge is 2.54. The zero-order valence-electron chi connectivity index (χ0n) is 18.3. The van der Waals surface area contributed by atoms with Crippen molar-refractivity contribution in [1.82, 2.24) is 24.9 Å². The average Bonchev–Trinajstić information content (AvgIpc) is 3.35. The van der Waals surface area contributed by atoms with Gasteiger partial charge in [0.1, 0.15) is 11.6 Å². The molecular weight excluding hydrogens is 390 g/mol. The molecule has 162 valence electrons. The van der Waals surface area contributed by atoms with Crippen LogP contribution in [0.3, 0.4) is 0 Å². The lowest BCUT2D eigenvalue weighted by Gasteiger charge is -2.51. The van der Waals surface area contributed by atoms with E-state index in [1.54, 1.807) is 7.11 Å². The number of para-hydroxylation sites is 1. The molecule has 0 spiro atoms. The van der Waals surface area contributed by atoms with Gasteiger partial charge in [-0.15, -0.1) is 10.2 Å². The summed E-state index contributed by atoms with van der Waals surface area (Å²) in [5.74, 6) is 5.36. The second-order valence-electron chi connectivity index (χ2n) is 9.83. The van der Waals surface area contributed by atoms with Gasteiger partial charge in [0.2, 0.25) is 5.89 Å². The van der Waals surface area contributed by atoms with Crippen LogP contribution in [0, 0.1) is 5.92 Å². The van der Waals surface area contributed by atoms with Crippen LogP contribution >= 0.6 is 0 Å². The van der Waals surface area contributed by atoms with E-state index in [9.17, 15) is 0 Å². The Hall–Kier alpha value is -2.70. The van der Waals surface area contributed by atoms with E-state index in [1.165, 1.54) is 12.8 Å². The van der Waals surface area contributed by atoms with Crippen LogP contribution in [0.2, 0.25) is 0 Å². The lowest BCUT2D eigenvalue weighted by molar-refractivity contribution is 0.0688. The molecule has 7 heteroatoms. The third-order valence-electron chi connectivity index (χ3n) is 8.03. The predicted octanol–water partition coefficient (Wildman–Crippen LogP) is 4.37. The Balaban J connectivity index is 1.26. The molecule has 2 bridgehead atoms. The van der Waals surface area contributed by atoms with E-state index in [0.29, 0.717) is 0 Å². The topological polar surface area (TPSA) is 78.9 Å². The third-order valence-corrected chi connectivity index (χ3v) is 8.03. The number of fused-ring (bicyclic) bond motifs is 3. The molecule has 7 rings (SSSR count). The van der Waals surface area contributed by atoms with Gasteiger partial charge in [-0.05, 0) is 69.4 Å². The van der Waals surface area contributed by atoms with Crippen molar-refractivity contribution in [1.29, 1.82) is 0 Å². The first-order chi connectivity index (χ1) is 15.1. The summed E-state index contributed by atoms with van der Waals surface area (Å²) in [6.45, 7) is 0. The fraction of sp³-hybridized carbons (Fsp3) is 0.583.